The van der Waals surface area contributed by atoms with E-state index < -0.39 is 57.1 Å². The molecule has 5 N–H and O–H groups in total. The maximum Gasteiger partial charge on any atom is 0.407 e. The van der Waals surface area contributed by atoms with Crippen molar-refractivity contribution >= 4 is 44.8 Å². The highest BCUT2D eigenvalue weighted by molar-refractivity contribution is 7.89. The lowest BCUT2D eigenvalue weighted by Gasteiger charge is -2.38. The van der Waals surface area contributed by atoms with Gasteiger partial charge in [0.25, 0.3) is 5.91 Å². The highest BCUT2D eigenvalue weighted by Crippen LogP contribution is 2.42. The fourth-order valence-electron chi connectivity index (χ4n) is 8.79. The zero-order valence-corrected chi connectivity index (χ0v) is 40.3. The lowest BCUT2D eigenvalue weighted by molar-refractivity contribution is -0.138. The normalized spacial score (nSPS) is 12.3. The second-order valence-electron chi connectivity index (χ2n) is 17.9. The van der Waals surface area contributed by atoms with Crippen LogP contribution < -0.4 is 26.1 Å². The summed E-state index contributed by atoms with van der Waals surface area (Å²) in [7, 11) is -4.34. The number of aryl methyl sites for hydroxylation is 4. The first kappa shape index (κ1) is 49.3. The van der Waals surface area contributed by atoms with Gasteiger partial charge in [-0.05, 0) is 93.5 Å². The molecule has 0 aliphatic rings. The second-order valence-corrected chi connectivity index (χ2v) is 19.6. The van der Waals surface area contributed by atoms with E-state index >= 15 is 0 Å². The van der Waals surface area contributed by atoms with Crippen LogP contribution in [0.2, 0.25) is 0 Å². The van der Waals surface area contributed by atoms with Crippen LogP contribution in [0.4, 0.5) is 10.7 Å². The average Bonchev–Trinajstić information content (AvgIpc) is 3.78. The van der Waals surface area contributed by atoms with Crippen LogP contribution in [-0.2, 0) is 38.2 Å². The molecule has 2 aromatic heterocycles. The van der Waals surface area contributed by atoms with Crippen molar-refractivity contribution in [2.45, 2.75) is 83.1 Å². The van der Waals surface area contributed by atoms with Gasteiger partial charge in [0.2, 0.25) is 21.4 Å². The van der Waals surface area contributed by atoms with E-state index in [0.717, 1.165) is 27.8 Å². The van der Waals surface area contributed by atoms with Crippen molar-refractivity contribution in [3.63, 3.8) is 0 Å². The Kier molecular flexibility index (Phi) is 14.8. The maximum absolute atomic E-state index is 14.2. The standard InChI is InChI=1S/C53H57N7O8S/c1-35-29-36(2)47(37(3)30-35)69(66,67)58-44(49(63)64)33-56-48(62)43-34-59(27-16-25-55-51(65)68-52(4,5)6)45-31-38(23-24-42(45)46(43)61)32-57-50-54-26-28-60(50)53(39-17-10-7-11-18-39,40-19-12-8-13-20-40)41-21-14-9-15-22-41/h7-15,17-24,26,28-31,34,44,58H,16,25,27,32-33H2,1-6H3,(H,54,57)(H,55,65)(H,56,62)(H,63,64)/t44-/m0/s1. The van der Waals surface area contributed by atoms with Crippen molar-refractivity contribution in [1.82, 2.24) is 29.5 Å². The number of anilines is 1. The summed E-state index contributed by atoms with van der Waals surface area (Å²) in [6.07, 6.45) is 4.88. The number of sulfonamides is 1. The number of amides is 2. The number of nitrogens with one attached hydrogen (secondary N) is 4. The van der Waals surface area contributed by atoms with Crippen LogP contribution in [-0.4, -0.2) is 70.3 Å². The molecule has 0 saturated heterocycles. The molecular formula is C53H57N7O8S. The molecule has 69 heavy (non-hydrogen) atoms. The SMILES string of the molecule is Cc1cc(C)c(S(=O)(=O)N[C@@H](CNC(=O)c2cn(CCCNC(=O)OC(C)(C)C)c3cc(CNc4nccn4C(c4ccccc4)(c4ccccc4)c4ccccc4)ccc3c2=O)C(=O)O)c(C)c1. The van der Waals surface area contributed by atoms with Crippen LogP contribution in [0.25, 0.3) is 10.9 Å². The number of hydrogen-bond donors (Lipinski definition) is 5. The van der Waals surface area contributed by atoms with E-state index in [-0.39, 0.29) is 35.5 Å². The number of benzene rings is 5. The predicted molar refractivity (Wildman–Crippen MR) is 266 cm³/mol. The number of nitrogens with zero attached hydrogens (tertiary/aromatic N) is 3. The van der Waals surface area contributed by atoms with Crippen molar-refractivity contribution < 1.29 is 32.6 Å². The molecule has 7 rings (SSSR count). The van der Waals surface area contributed by atoms with Crippen LogP contribution in [0.3, 0.4) is 0 Å². The molecule has 16 heteroatoms. The van der Waals surface area contributed by atoms with E-state index in [4.69, 9.17) is 9.72 Å². The molecule has 7 aromatic rings. The minimum absolute atomic E-state index is 0.0521. The first-order valence-electron chi connectivity index (χ1n) is 22.6. The Morgan fingerprint density at radius 2 is 1.38 bits per heavy atom. The van der Waals surface area contributed by atoms with Crippen LogP contribution in [0.5, 0.6) is 0 Å². The Morgan fingerprint density at radius 3 is 1.93 bits per heavy atom. The van der Waals surface area contributed by atoms with E-state index in [1.807, 2.05) is 73.8 Å². The number of fused-ring (bicyclic) bond motifs is 1. The minimum Gasteiger partial charge on any atom is -0.480 e. The maximum atomic E-state index is 14.2. The van der Waals surface area contributed by atoms with E-state index in [2.05, 4.69) is 61.6 Å². The molecule has 0 fully saturated rings. The summed E-state index contributed by atoms with van der Waals surface area (Å²) in [5, 5.41) is 19.0. The number of aliphatic carboxylic acids is 1. The number of carbonyl (C=O) groups excluding carboxylic acids is 2. The summed E-state index contributed by atoms with van der Waals surface area (Å²) in [6, 6.07) is 37.5. The summed E-state index contributed by atoms with van der Waals surface area (Å²) in [4.78, 5) is 57.6. The van der Waals surface area contributed by atoms with Gasteiger partial charge in [-0.15, -0.1) is 0 Å². The van der Waals surface area contributed by atoms with Gasteiger partial charge in [0.15, 0.2) is 0 Å². The van der Waals surface area contributed by atoms with E-state index in [1.54, 1.807) is 69.6 Å². The highest BCUT2D eigenvalue weighted by atomic mass is 32.2. The van der Waals surface area contributed by atoms with Gasteiger partial charge in [-0.3, -0.25) is 19.0 Å². The minimum atomic E-state index is -4.34. The summed E-state index contributed by atoms with van der Waals surface area (Å²) < 4.78 is 38.4. The topological polar surface area (TPSA) is 203 Å². The van der Waals surface area contributed by atoms with Gasteiger partial charge in [0.1, 0.15) is 22.7 Å². The van der Waals surface area contributed by atoms with Gasteiger partial charge in [0, 0.05) is 50.2 Å². The molecule has 0 aliphatic carbocycles. The Labute approximate surface area is 401 Å². The molecule has 15 nitrogen and oxygen atoms in total. The van der Waals surface area contributed by atoms with Crippen LogP contribution in [0.15, 0.2) is 150 Å². The number of hydrogen-bond acceptors (Lipinski definition) is 9. The predicted octanol–water partition coefficient (Wildman–Crippen LogP) is 7.65. The van der Waals surface area contributed by atoms with Gasteiger partial charge >= 0.3 is 12.1 Å². The Bertz CT molecular complexity index is 3030. The first-order valence-corrected chi connectivity index (χ1v) is 24.1. The smallest absolute Gasteiger partial charge is 0.407 e. The molecule has 2 heterocycles. The monoisotopic (exact) mass is 951 g/mol. The third kappa shape index (κ3) is 11.1. The second kappa shape index (κ2) is 20.8. The quantitative estimate of drug-likeness (QED) is 0.0420. The third-order valence-corrected chi connectivity index (χ3v) is 13.4. The molecule has 0 saturated carbocycles. The number of rotatable bonds is 18. The van der Waals surface area contributed by atoms with Crippen LogP contribution in [0.1, 0.15) is 76.5 Å². The van der Waals surface area contributed by atoms with Crippen molar-refractivity contribution in [3.05, 3.63) is 195 Å². The fourth-order valence-corrected chi connectivity index (χ4v) is 10.4. The highest BCUT2D eigenvalue weighted by Gasteiger charge is 2.40. The number of carboxylic acid groups (broad SMARTS) is 1. The number of carboxylic acids is 1. The number of imidazole rings is 1. The van der Waals surface area contributed by atoms with E-state index in [0.29, 0.717) is 29.0 Å². The molecule has 2 amide bonds. The zero-order valence-electron chi connectivity index (χ0n) is 39.4. The lowest BCUT2D eigenvalue weighted by atomic mass is 9.76. The number of carbonyl (C=O) groups is 3. The number of alkyl carbamates (subject to hydrolysis) is 1. The van der Waals surface area contributed by atoms with Crippen LogP contribution >= 0.6 is 0 Å². The molecule has 5 aromatic carbocycles. The fraction of sp³-hybridized carbons (Fsp3) is 0.264. The number of ether oxygens (including phenoxy) is 1. The van der Waals surface area contributed by atoms with Crippen molar-refractivity contribution in [2.24, 2.45) is 0 Å². The van der Waals surface area contributed by atoms with E-state index in [9.17, 15) is 32.7 Å². The average molecular weight is 952 g/mol. The molecule has 0 bridgehead atoms. The number of pyridine rings is 1. The van der Waals surface area contributed by atoms with Crippen LogP contribution in [0, 0.1) is 20.8 Å². The molecule has 0 radical (unpaired) electrons. The Balaban J connectivity index is 1.19. The van der Waals surface area contributed by atoms with Gasteiger partial charge < -0.3 is 30.4 Å². The summed E-state index contributed by atoms with van der Waals surface area (Å²) in [5.74, 6) is -1.84. The lowest BCUT2D eigenvalue weighted by Crippen LogP contribution is -2.49. The summed E-state index contributed by atoms with van der Waals surface area (Å²) >= 11 is 0. The van der Waals surface area contributed by atoms with Crippen molar-refractivity contribution in [1.29, 1.82) is 0 Å². The van der Waals surface area contributed by atoms with Gasteiger partial charge in [0.05, 0.1) is 10.4 Å². The van der Waals surface area contributed by atoms with Gasteiger partial charge in [-0.2, -0.15) is 4.72 Å². The number of aromatic nitrogens is 3. The first-order chi connectivity index (χ1) is 32.9. The van der Waals surface area contributed by atoms with E-state index in [1.165, 1.54) is 6.20 Å². The Morgan fingerprint density at radius 1 is 0.797 bits per heavy atom. The molecule has 0 spiro atoms. The Hall–Kier alpha value is -7.56. The molecule has 0 aliphatic heterocycles. The van der Waals surface area contributed by atoms with Gasteiger partial charge in [-0.1, -0.05) is 115 Å². The molecular weight excluding hydrogens is 895 g/mol. The summed E-state index contributed by atoms with van der Waals surface area (Å²) in [6.45, 7) is 10.4. The van der Waals surface area contributed by atoms with Gasteiger partial charge in [-0.25, -0.2) is 18.2 Å². The molecule has 358 valence electrons. The molecule has 1 atom stereocenters. The van der Waals surface area contributed by atoms with Crippen molar-refractivity contribution in [3.8, 4) is 0 Å². The third-order valence-electron chi connectivity index (χ3n) is 11.6. The molecule has 0 unspecified atom stereocenters. The van der Waals surface area contributed by atoms with Crippen molar-refractivity contribution in [2.75, 3.05) is 18.4 Å². The largest absolute Gasteiger partial charge is 0.480 e. The zero-order chi connectivity index (χ0) is 49.5. The summed E-state index contributed by atoms with van der Waals surface area (Å²) in [5.41, 5.74) is 3.64.